The summed E-state index contributed by atoms with van der Waals surface area (Å²) in [5, 5.41) is 0. The van der Waals surface area contributed by atoms with Crippen molar-refractivity contribution in [2.24, 2.45) is 0 Å². The third kappa shape index (κ3) is 2.60. The molecule has 0 saturated carbocycles. The van der Waals surface area contributed by atoms with Crippen molar-refractivity contribution in [3.8, 4) is 22.8 Å². The second-order valence-corrected chi connectivity index (χ2v) is 6.19. The van der Waals surface area contributed by atoms with Crippen LogP contribution in [0, 0.1) is 0 Å². The first-order valence-electron chi connectivity index (χ1n) is 8.68. The van der Waals surface area contributed by atoms with Gasteiger partial charge in [-0.2, -0.15) is 0 Å². The first-order valence-corrected chi connectivity index (χ1v) is 8.68. The molecule has 5 rings (SSSR count). The molecule has 5 aromatic rings. The Kier molecular flexibility index (Phi) is 3.57. The van der Waals surface area contributed by atoms with Crippen LogP contribution in [0.4, 0.5) is 0 Å². The summed E-state index contributed by atoms with van der Waals surface area (Å²) >= 11 is 0. The monoisotopic (exact) mass is 352 g/mol. The summed E-state index contributed by atoms with van der Waals surface area (Å²) in [7, 11) is 1.66. The second-order valence-electron chi connectivity index (χ2n) is 6.19. The van der Waals surface area contributed by atoms with Gasteiger partial charge in [0.1, 0.15) is 11.6 Å². The van der Waals surface area contributed by atoms with Crippen molar-refractivity contribution in [1.29, 1.82) is 0 Å². The summed E-state index contributed by atoms with van der Waals surface area (Å²) in [6.07, 6.45) is 0. The van der Waals surface area contributed by atoms with Gasteiger partial charge in [-0.25, -0.2) is 15.0 Å². The SMILES string of the molecule is COc1ccc(-n2c(-c3ccccc3)nc3nc4ccccc4nc32)cc1. The lowest BCUT2D eigenvalue weighted by Crippen LogP contribution is -1.99. The lowest BCUT2D eigenvalue weighted by Gasteiger charge is -2.10. The highest BCUT2D eigenvalue weighted by Crippen LogP contribution is 2.28. The molecule has 0 bridgehead atoms. The second kappa shape index (κ2) is 6.21. The van der Waals surface area contributed by atoms with E-state index in [1.165, 1.54) is 0 Å². The highest BCUT2D eigenvalue weighted by molar-refractivity contribution is 5.86. The molecule has 0 spiro atoms. The fourth-order valence-corrected chi connectivity index (χ4v) is 3.21. The number of ether oxygens (including phenoxy) is 1. The van der Waals surface area contributed by atoms with Gasteiger partial charge >= 0.3 is 0 Å². The molecule has 0 radical (unpaired) electrons. The number of para-hydroxylation sites is 2. The highest BCUT2D eigenvalue weighted by Gasteiger charge is 2.17. The number of imidazole rings is 1. The van der Waals surface area contributed by atoms with Crippen molar-refractivity contribution < 1.29 is 4.74 Å². The fraction of sp³-hybridized carbons (Fsp3) is 0.0455. The molecule has 27 heavy (non-hydrogen) atoms. The summed E-state index contributed by atoms with van der Waals surface area (Å²) in [5.41, 5.74) is 5.02. The summed E-state index contributed by atoms with van der Waals surface area (Å²) in [5.74, 6) is 1.62. The predicted molar refractivity (Wildman–Crippen MR) is 106 cm³/mol. The largest absolute Gasteiger partial charge is 0.497 e. The molecule has 0 fully saturated rings. The van der Waals surface area contributed by atoms with E-state index in [0.717, 1.165) is 39.5 Å². The number of benzene rings is 3. The minimum Gasteiger partial charge on any atom is -0.497 e. The van der Waals surface area contributed by atoms with E-state index in [0.29, 0.717) is 5.65 Å². The summed E-state index contributed by atoms with van der Waals surface area (Å²) in [4.78, 5) is 14.4. The molecule has 2 aromatic heterocycles. The quantitative estimate of drug-likeness (QED) is 0.474. The minimum absolute atomic E-state index is 0.628. The lowest BCUT2D eigenvalue weighted by molar-refractivity contribution is 0.415. The Bertz CT molecular complexity index is 1240. The van der Waals surface area contributed by atoms with Crippen LogP contribution in [-0.4, -0.2) is 26.6 Å². The number of rotatable bonds is 3. The first-order chi connectivity index (χ1) is 13.3. The Labute approximate surface area is 155 Å². The molecule has 130 valence electrons. The molecule has 5 nitrogen and oxygen atoms in total. The van der Waals surface area contributed by atoms with Crippen molar-refractivity contribution in [3.05, 3.63) is 78.9 Å². The van der Waals surface area contributed by atoms with Crippen LogP contribution in [-0.2, 0) is 0 Å². The Morgan fingerprint density at radius 2 is 1.37 bits per heavy atom. The molecule has 3 aromatic carbocycles. The van der Waals surface area contributed by atoms with Gasteiger partial charge in [0.2, 0.25) is 0 Å². The van der Waals surface area contributed by atoms with Crippen LogP contribution in [0.1, 0.15) is 0 Å². The molecular formula is C22H16N4O. The van der Waals surface area contributed by atoms with E-state index in [1.54, 1.807) is 7.11 Å². The molecule has 0 N–H and O–H groups in total. The average Bonchev–Trinajstić information content (AvgIpc) is 3.11. The normalized spacial score (nSPS) is 11.1. The van der Waals surface area contributed by atoms with Gasteiger partial charge < -0.3 is 4.74 Å². The van der Waals surface area contributed by atoms with Crippen LogP contribution in [0.5, 0.6) is 5.75 Å². The fourth-order valence-electron chi connectivity index (χ4n) is 3.21. The standard InChI is InChI=1S/C22H16N4O/c1-27-17-13-11-16(12-14-17)26-21(15-7-3-2-4-8-15)25-20-22(26)24-19-10-6-5-9-18(19)23-20/h2-14H,1H3. The molecule has 0 aliphatic heterocycles. The van der Waals surface area contributed by atoms with Crippen molar-refractivity contribution in [2.45, 2.75) is 0 Å². The number of hydrogen-bond acceptors (Lipinski definition) is 4. The maximum absolute atomic E-state index is 5.29. The molecular weight excluding hydrogens is 336 g/mol. The van der Waals surface area contributed by atoms with Crippen LogP contribution in [0.25, 0.3) is 39.4 Å². The van der Waals surface area contributed by atoms with E-state index in [2.05, 4.69) is 0 Å². The van der Waals surface area contributed by atoms with E-state index in [9.17, 15) is 0 Å². The number of fused-ring (bicyclic) bond motifs is 2. The number of nitrogens with zero attached hydrogens (tertiary/aromatic N) is 4. The van der Waals surface area contributed by atoms with Gasteiger partial charge in [0.05, 0.1) is 18.1 Å². The first kappa shape index (κ1) is 15.5. The lowest BCUT2D eigenvalue weighted by atomic mass is 10.2. The molecule has 0 aliphatic carbocycles. The van der Waals surface area contributed by atoms with Crippen LogP contribution < -0.4 is 4.74 Å². The van der Waals surface area contributed by atoms with Crippen molar-refractivity contribution in [2.75, 3.05) is 7.11 Å². The Morgan fingerprint density at radius 3 is 2.07 bits per heavy atom. The molecule has 0 saturated heterocycles. The zero-order valence-corrected chi connectivity index (χ0v) is 14.7. The van der Waals surface area contributed by atoms with Gasteiger partial charge in [-0.15, -0.1) is 0 Å². The molecule has 0 atom stereocenters. The zero-order valence-electron chi connectivity index (χ0n) is 14.7. The van der Waals surface area contributed by atoms with Gasteiger partial charge in [0.25, 0.3) is 0 Å². The number of aromatic nitrogens is 4. The van der Waals surface area contributed by atoms with Crippen LogP contribution >= 0.6 is 0 Å². The van der Waals surface area contributed by atoms with Crippen molar-refractivity contribution in [3.63, 3.8) is 0 Å². The summed E-state index contributed by atoms with van der Waals surface area (Å²) in [6, 6.07) is 25.8. The topological polar surface area (TPSA) is 52.8 Å². The van der Waals surface area contributed by atoms with Crippen molar-refractivity contribution >= 4 is 22.3 Å². The van der Waals surface area contributed by atoms with Crippen LogP contribution in [0.15, 0.2) is 78.9 Å². The Morgan fingerprint density at radius 1 is 0.704 bits per heavy atom. The van der Waals surface area contributed by atoms with Gasteiger partial charge in [0.15, 0.2) is 11.3 Å². The summed E-state index contributed by atoms with van der Waals surface area (Å²) < 4.78 is 7.34. The smallest absolute Gasteiger partial charge is 0.199 e. The van der Waals surface area contributed by atoms with E-state index in [-0.39, 0.29) is 0 Å². The van der Waals surface area contributed by atoms with E-state index in [1.807, 2.05) is 83.4 Å². The maximum atomic E-state index is 5.29. The third-order valence-corrected chi connectivity index (χ3v) is 4.53. The highest BCUT2D eigenvalue weighted by atomic mass is 16.5. The Balaban J connectivity index is 1.84. The van der Waals surface area contributed by atoms with Gasteiger partial charge in [0, 0.05) is 11.3 Å². The van der Waals surface area contributed by atoms with Crippen LogP contribution in [0.2, 0.25) is 0 Å². The molecule has 0 aliphatic rings. The van der Waals surface area contributed by atoms with E-state index >= 15 is 0 Å². The number of hydrogen-bond donors (Lipinski definition) is 0. The number of methoxy groups -OCH3 is 1. The molecule has 0 unspecified atom stereocenters. The van der Waals surface area contributed by atoms with E-state index < -0.39 is 0 Å². The molecule has 5 heteroatoms. The van der Waals surface area contributed by atoms with E-state index in [4.69, 9.17) is 19.7 Å². The van der Waals surface area contributed by atoms with Gasteiger partial charge in [-0.05, 0) is 36.4 Å². The Hall–Kier alpha value is -3.73. The maximum Gasteiger partial charge on any atom is 0.199 e. The third-order valence-electron chi connectivity index (χ3n) is 4.53. The molecule has 0 amide bonds. The van der Waals surface area contributed by atoms with Crippen molar-refractivity contribution in [1.82, 2.24) is 19.5 Å². The summed E-state index contributed by atoms with van der Waals surface area (Å²) in [6.45, 7) is 0. The minimum atomic E-state index is 0.628. The zero-order chi connectivity index (χ0) is 18.2. The van der Waals surface area contributed by atoms with Gasteiger partial charge in [-0.3, -0.25) is 4.57 Å². The molecule has 2 heterocycles. The van der Waals surface area contributed by atoms with Gasteiger partial charge in [-0.1, -0.05) is 42.5 Å². The average molecular weight is 352 g/mol. The van der Waals surface area contributed by atoms with Crippen LogP contribution in [0.3, 0.4) is 0 Å². The predicted octanol–water partition coefficient (Wildman–Crippen LogP) is 4.64.